The van der Waals surface area contributed by atoms with Crippen molar-refractivity contribution in [2.24, 2.45) is 11.8 Å². The van der Waals surface area contributed by atoms with Gasteiger partial charge in [-0.15, -0.1) is 0 Å². The molecule has 202 valence electrons. The van der Waals surface area contributed by atoms with Crippen LogP contribution in [0.4, 0.5) is 0 Å². The highest BCUT2D eigenvalue weighted by molar-refractivity contribution is 5.93. The molecule has 0 radical (unpaired) electrons. The lowest BCUT2D eigenvalue weighted by molar-refractivity contribution is -0.193. The molecule has 7 unspecified atom stereocenters. The van der Waals surface area contributed by atoms with Gasteiger partial charge in [-0.25, -0.2) is 0 Å². The third kappa shape index (κ3) is 8.66. The summed E-state index contributed by atoms with van der Waals surface area (Å²) in [6.07, 6.45) is 8.39. The summed E-state index contributed by atoms with van der Waals surface area (Å²) in [6.45, 7) is 5.16. The molecule has 2 heterocycles. The fourth-order valence-electron chi connectivity index (χ4n) is 5.03. The molecule has 37 heavy (non-hydrogen) atoms. The van der Waals surface area contributed by atoms with Crippen molar-refractivity contribution in [1.82, 2.24) is 0 Å². The van der Waals surface area contributed by atoms with E-state index in [1.807, 2.05) is 43.3 Å². The van der Waals surface area contributed by atoms with Crippen molar-refractivity contribution in [1.29, 1.82) is 0 Å². The van der Waals surface area contributed by atoms with Gasteiger partial charge in [-0.1, -0.05) is 35.8 Å². The Kier molecular flexibility index (Phi) is 10.6. The highest BCUT2D eigenvalue weighted by atomic mass is 16.7. The summed E-state index contributed by atoms with van der Waals surface area (Å²) in [5.74, 6) is 5.54. The zero-order valence-corrected chi connectivity index (χ0v) is 22.0. The fraction of sp³-hybridized carbons (Fsp3) is 0.633. The van der Waals surface area contributed by atoms with Crippen LogP contribution < -0.4 is 4.74 Å². The van der Waals surface area contributed by atoms with E-state index in [2.05, 4.69) is 11.8 Å². The highest BCUT2D eigenvalue weighted by Gasteiger charge is 2.42. The molecule has 0 aromatic heterocycles. The zero-order valence-electron chi connectivity index (χ0n) is 22.0. The van der Waals surface area contributed by atoms with Gasteiger partial charge in [-0.2, -0.15) is 0 Å². The van der Waals surface area contributed by atoms with Crippen LogP contribution in [0.25, 0.3) is 0 Å². The van der Waals surface area contributed by atoms with Crippen molar-refractivity contribution < 1.29 is 33.6 Å². The lowest BCUT2D eigenvalue weighted by Crippen LogP contribution is -2.32. The molecular formula is C30H40O7. The first-order chi connectivity index (χ1) is 18.0. The number of ether oxygens (including phenoxy) is 5. The number of carbonyl (C=O) groups excluding carboxylic acids is 1. The highest BCUT2D eigenvalue weighted by Crippen LogP contribution is 2.37. The van der Waals surface area contributed by atoms with Crippen molar-refractivity contribution in [3.8, 4) is 17.6 Å². The predicted octanol–water partition coefficient (Wildman–Crippen LogP) is 4.34. The maximum Gasteiger partial charge on any atom is 0.202 e. The van der Waals surface area contributed by atoms with Crippen LogP contribution in [-0.4, -0.2) is 61.6 Å². The summed E-state index contributed by atoms with van der Waals surface area (Å²) in [5.41, 5.74) is 1.17. The summed E-state index contributed by atoms with van der Waals surface area (Å²) in [5, 5.41) is 10.8. The molecule has 7 atom stereocenters. The minimum atomic E-state index is -0.694. The topological polar surface area (TPSA) is 83.5 Å². The molecule has 0 spiro atoms. The van der Waals surface area contributed by atoms with Crippen LogP contribution in [0.15, 0.2) is 36.4 Å². The normalized spacial score (nSPS) is 31.0. The molecule has 1 N–H and O–H groups in total. The number of ketones is 1. The van der Waals surface area contributed by atoms with Gasteiger partial charge in [-0.05, 0) is 63.5 Å². The number of aryl methyl sites for hydroxylation is 1. The van der Waals surface area contributed by atoms with Gasteiger partial charge < -0.3 is 28.8 Å². The Morgan fingerprint density at radius 2 is 1.81 bits per heavy atom. The van der Waals surface area contributed by atoms with Crippen LogP contribution >= 0.6 is 0 Å². The molecule has 1 aromatic carbocycles. The quantitative estimate of drug-likeness (QED) is 0.299. The Labute approximate surface area is 220 Å². The summed E-state index contributed by atoms with van der Waals surface area (Å²) in [7, 11) is 0. The number of carbonyl (C=O) groups is 1. The van der Waals surface area contributed by atoms with Crippen molar-refractivity contribution in [2.45, 2.75) is 89.7 Å². The van der Waals surface area contributed by atoms with Gasteiger partial charge >= 0.3 is 0 Å². The van der Waals surface area contributed by atoms with Gasteiger partial charge in [0.2, 0.25) is 5.78 Å². The van der Waals surface area contributed by atoms with Gasteiger partial charge in [0.05, 0.1) is 18.1 Å². The van der Waals surface area contributed by atoms with E-state index in [1.165, 1.54) is 12.5 Å². The molecule has 0 bridgehead atoms. The Bertz CT molecular complexity index is 935. The van der Waals surface area contributed by atoms with Crippen LogP contribution in [0, 0.1) is 30.6 Å². The second-order valence-corrected chi connectivity index (χ2v) is 10.2. The van der Waals surface area contributed by atoms with E-state index in [4.69, 9.17) is 23.7 Å². The lowest BCUT2D eigenvalue weighted by Gasteiger charge is -2.29. The smallest absolute Gasteiger partial charge is 0.202 e. The second-order valence-electron chi connectivity index (χ2n) is 10.2. The van der Waals surface area contributed by atoms with Crippen LogP contribution in [0.3, 0.4) is 0 Å². The third-order valence-corrected chi connectivity index (χ3v) is 7.06. The second kappa shape index (κ2) is 14.1. The van der Waals surface area contributed by atoms with E-state index < -0.39 is 12.0 Å². The average molecular weight is 513 g/mol. The number of benzene rings is 1. The molecule has 2 saturated heterocycles. The monoisotopic (exact) mass is 512 g/mol. The molecule has 0 amide bonds. The molecule has 1 aromatic rings. The summed E-state index contributed by atoms with van der Waals surface area (Å²) in [6, 6.07) is 7.92. The van der Waals surface area contributed by atoms with Crippen molar-refractivity contribution in [3.05, 3.63) is 42.0 Å². The number of aliphatic hydroxyl groups is 1. The molecule has 7 heteroatoms. The maximum absolute atomic E-state index is 11.6. The molecule has 3 aliphatic rings. The number of Topliss-reactive ketones (excluding diaryl/α,β-unsaturated/α-hetero) is 1. The number of rotatable bonds is 9. The molecule has 4 rings (SSSR count). The van der Waals surface area contributed by atoms with Crippen LogP contribution in [-0.2, 0) is 23.7 Å². The van der Waals surface area contributed by atoms with Crippen LogP contribution in [0.5, 0.6) is 5.75 Å². The maximum atomic E-state index is 11.6. The SMILES string of the molecule is CC(=O)C#CC1C(O)CC(OC2CCCCO2)C1C=CC(COc1ccc(C)cc1)OC1CCCCO1. The van der Waals surface area contributed by atoms with Crippen molar-refractivity contribution in [2.75, 3.05) is 19.8 Å². The van der Waals surface area contributed by atoms with Crippen LogP contribution in [0.1, 0.15) is 57.4 Å². The molecule has 2 aliphatic heterocycles. The van der Waals surface area contributed by atoms with E-state index in [9.17, 15) is 9.90 Å². The van der Waals surface area contributed by atoms with Gasteiger partial charge in [-0.3, -0.25) is 4.79 Å². The van der Waals surface area contributed by atoms with Gasteiger partial charge in [0.25, 0.3) is 0 Å². The van der Waals surface area contributed by atoms with E-state index in [-0.39, 0.29) is 36.5 Å². The number of hydrogen-bond donors (Lipinski definition) is 1. The van der Waals surface area contributed by atoms with Gasteiger partial charge in [0, 0.05) is 32.5 Å². The molecule has 1 aliphatic carbocycles. The first kappa shape index (κ1) is 27.8. The fourth-order valence-corrected chi connectivity index (χ4v) is 5.03. The standard InChI is InChI=1S/C30H40O7/c1-21-9-12-23(13-10-21)35-20-24(36-29-7-3-5-17-33-29)14-16-26-25(15-11-22(2)31)27(32)19-28(26)37-30-8-4-6-18-34-30/h9-10,12-14,16,24-30,32H,3-8,17-20H2,1-2H3. The predicted molar refractivity (Wildman–Crippen MR) is 139 cm³/mol. The molecular weight excluding hydrogens is 472 g/mol. The lowest BCUT2D eigenvalue weighted by atomic mass is 9.93. The van der Waals surface area contributed by atoms with Crippen LogP contribution in [0.2, 0.25) is 0 Å². The van der Waals surface area contributed by atoms with E-state index in [0.717, 1.165) is 44.3 Å². The van der Waals surface area contributed by atoms with E-state index >= 15 is 0 Å². The van der Waals surface area contributed by atoms with Gasteiger partial charge in [0.1, 0.15) is 18.5 Å². The zero-order chi connectivity index (χ0) is 26.0. The van der Waals surface area contributed by atoms with E-state index in [1.54, 1.807) is 0 Å². The minimum Gasteiger partial charge on any atom is -0.491 e. The molecule has 7 nitrogen and oxygen atoms in total. The first-order valence-corrected chi connectivity index (χ1v) is 13.6. The first-order valence-electron chi connectivity index (χ1n) is 13.6. The summed E-state index contributed by atoms with van der Waals surface area (Å²) in [4.78, 5) is 11.6. The Balaban J connectivity index is 1.50. The van der Waals surface area contributed by atoms with Crippen molar-refractivity contribution >= 4 is 5.78 Å². The number of aliphatic hydroxyl groups excluding tert-OH is 1. The van der Waals surface area contributed by atoms with E-state index in [0.29, 0.717) is 26.2 Å². The summed E-state index contributed by atoms with van der Waals surface area (Å²) >= 11 is 0. The summed E-state index contributed by atoms with van der Waals surface area (Å²) < 4.78 is 30.3. The average Bonchev–Trinajstić information content (AvgIpc) is 3.19. The Hall–Kier alpha value is -2.21. The molecule has 3 fully saturated rings. The number of hydrogen-bond acceptors (Lipinski definition) is 7. The Morgan fingerprint density at radius 3 is 2.46 bits per heavy atom. The van der Waals surface area contributed by atoms with Gasteiger partial charge in [0.15, 0.2) is 12.6 Å². The molecule has 1 saturated carbocycles. The van der Waals surface area contributed by atoms with Crippen molar-refractivity contribution in [3.63, 3.8) is 0 Å². The largest absolute Gasteiger partial charge is 0.491 e. The third-order valence-electron chi connectivity index (χ3n) is 7.06. The Morgan fingerprint density at radius 1 is 1.11 bits per heavy atom. The minimum absolute atomic E-state index is 0.217.